The van der Waals surface area contributed by atoms with Crippen LogP contribution in [-0.2, 0) is 13.1 Å². The van der Waals surface area contributed by atoms with Gasteiger partial charge in [-0.1, -0.05) is 0 Å². The van der Waals surface area contributed by atoms with Crippen molar-refractivity contribution in [3.05, 3.63) is 18.2 Å². The van der Waals surface area contributed by atoms with Crippen LogP contribution in [0.15, 0.2) is 12.4 Å². The van der Waals surface area contributed by atoms with E-state index in [0.29, 0.717) is 25.5 Å². The minimum atomic E-state index is -4.22. The van der Waals surface area contributed by atoms with E-state index in [-0.39, 0.29) is 0 Å². The van der Waals surface area contributed by atoms with Crippen molar-refractivity contribution in [2.75, 3.05) is 20.1 Å². The lowest BCUT2D eigenvalue weighted by atomic mass is 10.4. The Hall–Kier alpha value is -1.08. The Morgan fingerprint density at radius 3 is 2.75 bits per heavy atom. The van der Waals surface area contributed by atoms with Crippen LogP contribution >= 0.6 is 0 Å². The van der Waals surface area contributed by atoms with Crippen molar-refractivity contribution in [1.82, 2.24) is 14.5 Å². The maximum Gasteiger partial charge on any atom is 0.406 e. The van der Waals surface area contributed by atoms with E-state index < -0.39 is 12.7 Å². The molecule has 0 aliphatic carbocycles. The van der Waals surface area contributed by atoms with Gasteiger partial charge in [-0.25, -0.2) is 4.98 Å². The van der Waals surface area contributed by atoms with Crippen LogP contribution in [0.1, 0.15) is 5.82 Å². The van der Waals surface area contributed by atoms with Gasteiger partial charge in [-0.2, -0.15) is 13.2 Å². The molecule has 1 aromatic heterocycles. The third-order valence-corrected chi connectivity index (χ3v) is 2.07. The predicted octanol–water partition coefficient (Wildman–Crippen LogP) is 0.836. The normalized spacial score (nSPS) is 12.4. The maximum atomic E-state index is 12.2. The molecule has 0 amide bonds. The lowest BCUT2D eigenvalue weighted by molar-refractivity contribution is -0.141. The molecular weight excluding hydrogens is 221 g/mol. The van der Waals surface area contributed by atoms with Crippen LogP contribution in [0.4, 0.5) is 13.2 Å². The molecule has 1 aromatic rings. The van der Waals surface area contributed by atoms with Gasteiger partial charge in [0.2, 0.25) is 0 Å². The van der Waals surface area contributed by atoms with Crippen LogP contribution in [0.5, 0.6) is 0 Å². The molecule has 0 fully saturated rings. The van der Waals surface area contributed by atoms with Gasteiger partial charge in [0.25, 0.3) is 0 Å². The maximum absolute atomic E-state index is 12.2. The van der Waals surface area contributed by atoms with Crippen molar-refractivity contribution < 1.29 is 13.2 Å². The van der Waals surface area contributed by atoms with Gasteiger partial charge in [0.15, 0.2) is 0 Å². The standard InChI is InChI=1S/C9H15F3N4/c1-15(4-2-13)6-8-14-3-5-16(8)7-9(10,11)12/h3,5H,2,4,6-7,13H2,1H3. The summed E-state index contributed by atoms with van der Waals surface area (Å²) in [5, 5.41) is 0. The second-order valence-corrected chi connectivity index (χ2v) is 3.61. The first kappa shape index (κ1) is 13.0. The van der Waals surface area contributed by atoms with Crippen molar-refractivity contribution in [2.45, 2.75) is 19.3 Å². The Kier molecular flexibility index (Phi) is 4.31. The summed E-state index contributed by atoms with van der Waals surface area (Å²) in [5.74, 6) is 0.397. The molecule has 16 heavy (non-hydrogen) atoms. The van der Waals surface area contributed by atoms with Crippen LogP contribution in [0.25, 0.3) is 0 Å². The lowest BCUT2D eigenvalue weighted by Crippen LogP contribution is -2.27. The van der Waals surface area contributed by atoms with E-state index in [4.69, 9.17) is 5.73 Å². The fourth-order valence-electron chi connectivity index (χ4n) is 1.37. The lowest BCUT2D eigenvalue weighted by Gasteiger charge is -2.16. The summed E-state index contributed by atoms with van der Waals surface area (Å²) >= 11 is 0. The second kappa shape index (κ2) is 5.31. The van der Waals surface area contributed by atoms with Gasteiger partial charge in [-0.15, -0.1) is 0 Å². The molecule has 2 N–H and O–H groups in total. The molecule has 7 heteroatoms. The zero-order chi connectivity index (χ0) is 12.2. The van der Waals surface area contributed by atoms with Crippen LogP contribution in [0, 0.1) is 0 Å². The average Bonchev–Trinajstić information content (AvgIpc) is 2.50. The summed E-state index contributed by atoms with van der Waals surface area (Å²) in [7, 11) is 1.79. The first-order valence-electron chi connectivity index (χ1n) is 4.88. The SMILES string of the molecule is CN(CCN)Cc1nccn1CC(F)(F)F. The van der Waals surface area contributed by atoms with Crippen LogP contribution in [0.3, 0.4) is 0 Å². The van der Waals surface area contributed by atoms with Gasteiger partial charge in [0.1, 0.15) is 12.4 Å². The Bertz CT molecular complexity index is 321. The summed E-state index contributed by atoms with van der Waals surface area (Å²) in [6.07, 6.45) is -1.52. The zero-order valence-corrected chi connectivity index (χ0v) is 9.04. The van der Waals surface area contributed by atoms with E-state index in [9.17, 15) is 13.2 Å². The highest BCUT2D eigenvalue weighted by molar-refractivity contribution is 4.92. The Morgan fingerprint density at radius 1 is 1.50 bits per heavy atom. The van der Waals surface area contributed by atoms with E-state index in [2.05, 4.69) is 4.98 Å². The number of halogens is 3. The van der Waals surface area contributed by atoms with Gasteiger partial charge in [-0.3, -0.25) is 4.90 Å². The summed E-state index contributed by atoms with van der Waals surface area (Å²) < 4.78 is 37.7. The van der Waals surface area contributed by atoms with E-state index >= 15 is 0 Å². The molecule has 0 saturated carbocycles. The fraction of sp³-hybridized carbons (Fsp3) is 0.667. The van der Waals surface area contributed by atoms with E-state index in [1.165, 1.54) is 12.4 Å². The Morgan fingerprint density at radius 2 is 2.19 bits per heavy atom. The van der Waals surface area contributed by atoms with Crippen molar-refractivity contribution in [3.63, 3.8) is 0 Å². The van der Waals surface area contributed by atoms with E-state index in [1.54, 1.807) is 7.05 Å². The van der Waals surface area contributed by atoms with Gasteiger partial charge < -0.3 is 10.3 Å². The number of alkyl halides is 3. The number of hydrogen-bond donors (Lipinski definition) is 1. The summed E-state index contributed by atoms with van der Waals surface area (Å²) in [4.78, 5) is 5.73. The van der Waals surface area contributed by atoms with Crippen molar-refractivity contribution in [1.29, 1.82) is 0 Å². The highest BCUT2D eigenvalue weighted by Gasteiger charge is 2.28. The number of aromatic nitrogens is 2. The number of imidazole rings is 1. The molecule has 0 saturated heterocycles. The summed E-state index contributed by atoms with van der Waals surface area (Å²) in [5.41, 5.74) is 5.35. The van der Waals surface area contributed by atoms with Crippen LogP contribution < -0.4 is 5.73 Å². The molecule has 0 atom stereocenters. The van der Waals surface area contributed by atoms with Gasteiger partial charge in [0.05, 0.1) is 6.54 Å². The number of rotatable bonds is 5. The van der Waals surface area contributed by atoms with Crippen LogP contribution in [-0.4, -0.2) is 40.8 Å². The minimum Gasteiger partial charge on any atom is -0.329 e. The average molecular weight is 236 g/mol. The molecule has 0 radical (unpaired) electrons. The molecule has 0 aliphatic rings. The van der Waals surface area contributed by atoms with Crippen molar-refractivity contribution >= 4 is 0 Å². The highest BCUT2D eigenvalue weighted by Crippen LogP contribution is 2.18. The second-order valence-electron chi connectivity index (χ2n) is 3.61. The van der Waals surface area contributed by atoms with E-state index in [0.717, 1.165) is 4.57 Å². The largest absolute Gasteiger partial charge is 0.406 e. The third kappa shape index (κ3) is 4.19. The minimum absolute atomic E-state index is 0.361. The van der Waals surface area contributed by atoms with E-state index in [1.807, 2.05) is 4.90 Å². The quantitative estimate of drug-likeness (QED) is 0.824. The van der Waals surface area contributed by atoms with Crippen molar-refractivity contribution in [3.8, 4) is 0 Å². The zero-order valence-electron chi connectivity index (χ0n) is 9.04. The monoisotopic (exact) mass is 236 g/mol. The molecule has 1 heterocycles. The number of likely N-dealkylation sites (N-methyl/N-ethyl adjacent to an activating group) is 1. The summed E-state index contributed by atoms with van der Waals surface area (Å²) in [6.45, 7) is 0.453. The molecule has 0 aromatic carbocycles. The fourth-order valence-corrected chi connectivity index (χ4v) is 1.37. The Balaban J connectivity index is 2.63. The first-order valence-corrected chi connectivity index (χ1v) is 4.88. The first-order chi connectivity index (χ1) is 7.42. The van der Waals surface area contributed by atoms with Crippen LogP contribution in [0.2, 0.25) is 0 Å². The molecule has 0 aliphatic heterocycles. The Labute approximate surface area is 91.9 Å². The van der Waals surface area contributed by atoms with Gasteiger partial charge in [-0.05, 0) is 7.05 Å². The molecule has 0 unspecified atom stereocenters. The molecular formula is C9H15F3N4. The molecule has 0 bridgehead atoms. The number of nitrogens with two attached hydrogens (primary N) is 1. The molecule has 92 valence electrons. The molecule has 1 rings (SSSR count). The number of nitrogens with zero attached hydrogens (tertiary/aromatic N) is 3. The molecule has 4 nitrogen and oxygen atoms in total. The highest BCUT2D eigenvalue weighted by atomic mass is 19.4. The van der Waals surface area contributed by atoms with Gasteiger partial charge in [0, 0.05) is 25.5 Å². The summed E-state index contributed by atoms with van der Waals surface area (Å²) in [6, 6.07) is 0. The number of hydrogen-bond acceptors (Lipinski definition) is 3. The smallest absolute Gasteiger partial charge is 0.329 e. The molecule has 0 spiro atoms. The predicted molar refractivity (Wildman–Crippen MR) is 53.7 cm³/mol. The topological polar surface area (TPSA) is 47.1 Å². The van der Waals surface area contributed by atoms with Crippen molar-refractivity contribution in [2.24, 2.45) is 5.73 Å². The third-order valence-electron chi connectivity index (χ3n) is 2.07. The van der Waals surface area contributed by atoms with Gasteiger partial charge >= 0.3 is 6.18 Å².